The monoisotopic (exact) mass is 293 g/mol. The Morgan fingerprint density at radius 1 is 1.33 bits per heavy atom. The minimum Gasteiger partial charge on any atom is -0.368 e. The first-order chi connectivity index (χ1) is 9.77. The molecule has 0 aromatic rings. The lowest BCUT2D eigenvalue weighted by molar-refractivity contribution is -0.145. The third-order valence-electron chi connectivity index (χ3n) is 5.51. The van der Waals surface area contributed by atoms with Crippen molar-refractivity contribution in [1.82, 2.24) is 10.2 Å². The van der Waals surface area contributed by atoms with Gasteiger partial charge in [0, 0.05) is 0 Å². The van der Waals surface area contributed by atoms with E-state index >= 15 is 0 Å². The quantitative estimate of drug-likeness (QED) is 0.667. The van der Waals surface area contributed by atoms with Crippen LogP contribution in [-0.2, 0) is 14.4 Å². The summed E-state index contributed by atoms with van der Waals surface area (Å²) in [5.74, 6) is -1.04. The molecule has 3 unspecified atom stereocenters. The van der Waals surface area contributed by atoms with E-state index in [9.17, 15) is 14.4 Å². The maximum atomic E-state index is 12.4. The molecule has 1 heterocycles. The van der Waals surface area contributed by atoms with Gasteiger partial charge >= 0.3 is 0 Å². The van der Waals surface area contributed by atoms with Crippen LogP contribution in [-0.4, -0.2) is 41.2 Å². The second-order valence-electron chi connectivity index (χ2n) is 7.18. The standard InChI is InChI=1S/C15H23N3O3/c1-4-17-15(13(16)21,8-5-6-8)7-18-11(19)9-10(12(18)20)14(9,2)3/h8-10,17H,4-7H2,1-3H3,(H2,16,21). The van der Waals surface area contributed by atoms with E-state index in [1.165, 1.54) is 4.90 Å². The average molecular weight is 293 g/mol. The summed E-state index contributed by atoms with van der Waals surface area (Å²) in [6.45, 7) is 6.45. The average Bonchev–Trinajstić information content (AvgIpc) is 3.27. The number of amides is 3. The molecule has 2 saturated carbocycles. The van der Waals surface area contributed by atoms with Crippen molar-refractivity contribution in [2.75, 3.05) is 13.1 Å². The third kappa shape index (κ3) is 1.84. The summed E-state index contributed by atoms with van der Waals surface area (Å²) < 4.78 is 0. The number of imide groups is 1. The van der Waals surface area contributed by atoms with Crippen LogP contribution in [0.1, 0.15) is 33.6 Å². The van der Waals surface area contributed by atoms with E-state index in [0.29, 0.717) is 6.54 Å². The number of fused-ring (bicyclic) bond motifs is 1. The maximum Gasteiger partial charge on any atom is 0.239 e. The van der Waals surface area contributed by atoms with Gasteiger partial charge in [-0.15, -0.1) is 0 Å². The van der Waals surface area contributed by atoms with Gasteiger partial charge in [-0.1, -0.05) is 20.8 Å². The van der Waals surface area contributed by atoms with Crippen molar-refractivity contribution < 1.29 is 14.4 Å². The molecule has 3 N–H and O–H groups in total. The minimum absolute atomic E-state index is 0.0849. The van der Waals surface area contributed by atoms with Gasteiger partial charge in [0.1, 0.15) is 5.54 Å². The van der Waals surface area contributed by atoms with Gasteiger partial charge in [0.05, 0.1) is 18.4 Å². The van der Waals surface area contributed by atoms with Crippen molar-refractivity contribution in [3.8, 4) is 0 Å². The number of likely N-dealkylation sites (tertiary alicyclic amines) is 1. The molecule has 2 aliphatic carbocycles. The van der Waals surface area contributed by atoms with Gasteiger partial charge in [-0.2, -0.15) is 0 Å². The lowest BCUT2D eigenvalue weighted by Crippen LogP contribution is -2.64. The molecular formula is C15H23N3O3. The topological polar surface area (TPSA) is 92.5 Å². The van der Waals surface area contributed by atoms with Crippen LogP contribution in [0.4, 0.5) is 0 Å². The molecule has 0 aromatic heterocycles. The highest BCUT2D eigenvalue weighted by molar-refractivity contribution is 6.10. The van der Waals surface area contributed by atoms with Crippen LogP contribution in [0.5, 0.6) is 0 Å². The van der Waals surface area contributed by atoms with Crippen LogP contribution in [0.15, 0.2) is 0 Å². The van der Waals surface area contributed by atoms with Gasteiger partial charge in [0.2, 0.25) is 17.7 Å². The van der Waals surface area contributed by atoms with E-state index in [0.717, 1.165) is 12.8 Å². The molecule has 0 bridgehead atoms. The first-order valence-corrected chi connectivity index (χ1v) is 7.67. The summed E-state index contributed by atoms with van der Waals surface area (Å²) in [4.78, 5) is 38.2. The smallest absolute Gasteiger partial charge is 0.239 e. The minimum atomic E-state index is -0.957. The molecule has 3 amide bonds. The zero-order chi connectivity index (χ0) is 15.6. The number of likely N-dealkylation sites (N-methyl/N-ethyl adjacent to an activating group) is 1. The number of nitrogens with zero attached hydrogens (tertiary/aromatic N) is 1. The molecule has 0 aromatic carbocycles. The number of carbonyl (C=O) groups is 3. The Kier molecular flexibility index (Phi) is 2.96. The lowest BCUT2D eigenvalue weighted by atomic mass is 9.90. The molecule has 6 nitrogen and oxygen atoms in total. The molecule has 1 saturated heterocycles. The Bertz CT molecular complexity index is 502. The molecule has 3 atom stereocenters. The Morgan fingerprint density at radius 3 is 2.24 bits per heavy atom. The summed E-state index contributed by atoms with van der Waals surface area (Å²) in [7, 11) is 0. The van der Waals surface area contributed by atoms with Crippen LogP contribution in [0.2, 0.25) is 0 Å². The van der Waals surface area contributed by atoms with Crippen LogP contribution in [0.25, 0.3) is 0 Å². The van der Waals surface area contributed by atoms with Crippen molar-refractivity contribution in [2.45, 2.75) is 39.2 Å². The van der Waals surface area contributed by atoms with Gasteiger partial charge in [0.15, 0.2) is 0 Å². The Morgan fingerprint density at radius 2 is 1.86 bits per heavy atom. The molecule has 0 radical (unpaired) electrons. The summed E-state index contributed by atoms with van der Waals surface area (Å²) in [5, 5.41) is 3.16. The maximum absolute atomic E-state index is 12.4. The molecule has 6 heteroatoms. The van der Waals surface area contributed by atoms with Gasteiger partial charge < -0.3 is 11.1 Å². The number of piperidine rings is 1. The van der Waals surface area contributed by atoms with Crippen molar-refractivity contribution in [1.29, 1.82) is 0 Å². The van der Waals surface area contributed by atoms with Crippen molar-refractivity contribution >= 4 is 17.7 Å². The Labute approximate surface area is 124 Å². The molecule has 21 heavy (non-hydrogen) atoms. The zero-order valence-corrected chi connectivity index (χ0v) is 12.8. The molecule has 3 rings (SSSR count). The van der Waals surface area contributed by atoms with E-state index in [1.807, 2.05) is 20.8 Å². The Balaban J connectivity index is 1.83. The highest BCUT2D eigenvalue weighted by atomic mass is 16.2. The fraction of sp³-hybridized carbons (Fsp3) is 0.800. The third-order valence-corrected chi connectivity index (χ3v) is 5.51. The van der Waals surface area contributed by atoms with Crippen LogP contribution < -0.4 is 11.1 Å². The number of hydrogen-bond acceptors (Lipinski definition) is 4. The predicted octanol–water partition coefficient (Wildman–Crippen LogP) is -0.129. The molecule has 1 aliphatic heterocycles. The molecule has 116 valence electrons. The summed E-state index contributed by atoms with van der Waals surface area (Å²) in [5.41, 5.74) is 4.43. The second-order valence-corrected chi connectivity index (χ2v) is 7.18. The van der Waals surface area contributed by atoms with Crippen molar-refractivity contribution in [2.24, 2.45) is 28.9 Å². The normalized spacial score (nSPS) is 32.8. The fourth-order valence-corrected chi connectivity index (χ4v) is 4.00. The summed E-state index contributed by atoms with van der Waals surface area (Å²) >= 11 is 0. The molecule has 0 spiro atoms. The zero-order valence-electron chi connectivity index (χ0n) is 12.8. The van der Waals surface area contributed by atoms with E-state index in [4.69, 9.17) is 5.73 Å². The number of nitrogens with two attached hydrogens (primary N) is 1. The second kappa shape index (κ2) is 4.29. The van der Waals surface area contributed by atoms with E-state index < -0.39 is 11.4 Å². The number of nitrogens with one attached hydrogen (secondary N) is 1. The van der Waals surface area contributed by atoms with Gasteiger partial charge in [-0.3, -0.25) is 19.3 Å². The predicted molar refractivity (Wildman–Crippen MR) is 75.8 cm³/mol. The number of primary amides is 1. The molecule has 3 aliphatic rings. The first-order valence-electron chi connectivity index (χ1n) is 7.67. The number of carbonyl (C=O) groups excluding carboxylic acids is 3. The van der Waals surface area contributed by atoms with Crippen LogP contribution >= 0.6 is 0 Å². The number of hydrogen-bond donors (Lipinski definition) is 2. The van der Waals surface area contributed by atoms with E-state index in [-0.39, 0.29) is 41.5 Å². The largest absolute Gasteiger partial charge is 0.368 e. The van der Waals surface area contributed by atoms with Gasteiger partial charge in [0.25, 0.3) is 0 Å². The van der Waals surface area contributed by atoms with Crippen molar-refractivity contribution in [3.05, 3.63) is 0 Å². The van der Waals surface area contributed by atoms with E-state index in [1.54, 1.807) is 0 Å². The lowest BCUT2D eigenvalue weighted by Gasteiger charge is -2.35. The number of rotatable bonds is 6. The van der Waals surface area contributed by atoms with Gasteiger partial charge in [-0.25, -0.2) is 0 Å². The fourth-order valence-electron chi connectivity index (χ4n) is 4.00. The van der Waals surface area contributed by atoms with Crippen LogP contribution in [0.3, 0.4) is 0 Å². The van der Waals surface area contributed by atoms with Gasteiger partial charge in [-0.05, 0) is 30.7 Å². The summed E-state index contributed by atoms with van der Waals surface area (Å²) in [6, 6.07) is 0. The van der Waals surface area contributed by atoms with Crippen molar-refractivity contribution in [3.63, 3.8) is 0 Å². The Hall–Kier alpha value is -1.43. The molecular weight excluding hydrogens is 270 g/mol. The van der Waals surface area contributed by atoms with E-state index in [2.05, 4.69) is 5.32 Å². The van der Waals surface area contributed by atoms with Crippen LogP contribution in [0, 0.1) is 23.2 Å². The summed E-state index contributed by atoms with van der Waals surface area (Å²) in [6.07, 6.45) is 1.81. The SMILES string of the molecule is CCNC(CN1C(=O)C2C(C1=O)C2(C)C)(C(N)=O)C1CC1. The molecule has 3 fully saturated rings. The highest BCUT2D eigenvalue weighted by Gasteiger charge is 2.73. The highest BCUT2D eigenvalue weighted by Crippen LogP contribution is 2.63. The first kappa shape index (κ1) is 14.5.